The average Bonchev–Trinajstić information content (AvgIpc) is 1.49. The molecule has 72 valence electrons. The van der Waals surface area contributed by atoms with Crippen LogP contribution in [0.3, 0.4) is 0 Å². The van der Waals surface area contributed by atoms with Gasteiger partial charge in [-0.05, 0) is 20.8 Å². The average molecular weight is 174 g/mol. The van der Waals surface area contributed by atoms with Gasteiger partial charge in [0.1, 0.15) is 5.60 Å². The monoisotopic (exact) mass is 174 g/mol. The second-order valence-corrected chi connectivity index (χ2v) is 5.03. The number of carbonyl (C=O) groups excluding carboxylic acids is 1. The maximum absolute atomic E-state index is 11.2. The van der Waals surface area contributed by atoms with Crippen LogP contribution < -0.4 is 0 Å². The first-order valence-corrected chi connectivity index (χ1v) is 4.12. The number of quaternary nitrogens is 1. The van der Waals surface area contributed by atoms with Crippen LogP contribution in [-0.4, -0.2) is 43.7 Å². The van der Waals surface area contributed by atoms with Crippen molar-refractivity contribution in [3.05, 3.63) is 0 Å². The first kappa shape index (κ1) is 11.4. The number of ether oxygens (including phenoxy) is 1. The SMILES string of the molecule is CC(C)(C)OC(=O)C[N+](C)(C)C. The van der Waals surface area contributed by atoms with E-state index in [0.29, 0.717) is 11.0 Å². The van der Waals surface area contributed by atoms with Crippen molar-refractivity contribution in [2.45, 2.75) is 26.4 Å². The van der Waals surface area contributed by atoms with Crippen molar-refractivity contribution in [3.8, 4) is 0 Å². The molecule has 0 amide bonds. The molecule has 12 heavy (non-hydrogen) atoms. The van der Waals surface area contributed by atoms with E-state index in [4.69, 9.17) is 4.74 Å². The van der Waals surface area contributed by atoms with Gasteiger partial charge in [-0.2, -0.15) is 0 Å². The number of likely N-dealkylation sites (N-methyl/N-ethyl adjacent to an activating group) is 1. The second-order valence-electron chi connectivity index (χ2n) is 5.03. The Morgan fingerprint density at radius 3 is 1.92 bits per heavy atom. The molecule has 3 heteroatoms. The minimum absolute atomic E-state index is 0.144. The Labute approximate surface area is 74.9 Å². The van der Waals surface area contributed by atoms with Crippen LogP contribution in [0.15, 0.2) is 0 Å². The third-order valence-electron chi connectivity index (χ3n) is 1.02. The molecule has 0 spiro atoms. The molecule has 0 unspecified atom stereocenters. The van der Waals surface area contributed by atoms with Crippen LogP contribution in [0.2, 0.25) is 0 Å². The Morgan fingerprint density at radius 1 is 1.25 bits per heavy atom. The van der Waals surface area contributed by atoms with Crippen molar-refractivity contribution < 1.29 is 14.0 Å². The van der Waals surface area contributed by atoms with E-state index < -0.39 is 0 Å². The molecule has 0 saturated heterocycles. The lowest BCUT2D eigenvalue weighted by Crippen LogP contribution is -2.42. The highest BCUT2D eigenvalue weighted by Crippen LogP contribution is 2.07. The van der Waals surface area contributed by atoms with Crippen molar-refractivity contribution in [2.24, 2.45) is 0 Å². The summed E-state index contributed by atoms with van der Waals surface area (Å²) in [4.78, 5) is 11.2. The van der Waals surface area contributed by atoms with Gasteiger partial charge in [-0.3, -0.25) is 0 Å². The van der Waals surface area contributed by atoms with Crippen molar-refractivity contribution in [2.75, 3.05) is 27.7 Å². The molecule has 0 heterocycles. The summed E-state index contributed by atoms with van der Waals surface area (Å²) in [5.41, 5.74) is -0.369. The van der Waals surface area contributed by atoms with Crippen molar-refractivity contribution in [1.29, 1.82) is 0 Å². The lowest BCUT2D eigenvalue weighted by atomic mass is 10.2. The summed E-state index contributed by atoms with van der Waals surface area (Å²) in [6.07, 6.45) is 0. The molecular weight excluding hydrogens is 154 g/mol. The zero-order valence-electron chi connectivity index (χ0n) is 8.97. The lowest BCUT2D eigenvalue weighted by molar-refractivity contribution is -0.862. The minimum atomic E-state index is -0.369. The fraction of sp³-hybridized carbons (Fsp3) is 0.889. The van der Waals surface area contributed by atoms with Crippen LogP contribution in [0.25, 0.3) is 0 Å². The van der Waals surface area contributed by atoms with Crippen LogP contribution in [-0.2, 0) is 9.53 Å². The van der Waals surface area contributed by atoms with E-state index >= 15 is 0 Å². The third-order valence-corrected chi connectivity index (χ3v) is 1.02. The van der Waals surface area contributed by atoms with Gasteiger partial charge in [0.25, 0.3) is 0 Å². The molecule has 0 aromatic heterocycles. The van der Waals surface area contributed by atoms with Gasteiger partial charge >= 0.3 is 5.97 Å². The molecule has 0 fully saturated rings. The molecule has 0 aromatic rings. The predicted octanol–water partition coefficient (Wildman–Crippen LogP) is 1.03. The molecule has 3 nitrogen and oxygen atoms in total. The van der Waals surface area contributed by atoms with Gasteiger partial charge in [-0.25, -0.2) is 4.79 Å². The second kappa shape index (κ2) is 3.44. The van der Waals surface area contributed by atoms with E-state index in [1.54, 1.807) is 0 Å². The first-order valence-electron chi connectivity index (χ1n) is 4.12. The Morgan fingerprint density at radius 2 is 1.67 bits per heavy atom. The summed E-state index contributed by atoms with van der Waals surface area (Å²) in [6.45, 7) is 6.04. The number of carbonyl (C=O) groups is 1. The van der Waals surface area contributed by atoms with E-state index in [2.05, 4.69) is 0 Å². The Kier molecular flexibility index (Phi) is 3.27. The Hall–Kier alpha value is -0.570. The van der Waals surface area contributed by atoms with E-state index in [9.17, 15) is 4.79 Å². The topological polar surface area (TPSA) is 26.3 Å². The fourth-order valence-corrected chi connectivity index (χ4v) is 0.761. The molecule has 0 radical (unpaired) electrons. The molecule has 0 rings (SSSR count). The number of rotatable bonds is 2. The highest BCUT2D eigenvalue weighted by atomic mass is 16.6. The van der Waals surface area contributed by atoms with E-state index in [-0.39, 0.29) is 11.6 Å². The fourth-order valence-electron chi connectivity index (χ4n) is 0.761. The molecule has 0 aliphatic rings. The predicted molar refractivity (Wildman–Crippen MR) is 48.7 cm³/mol. The van der Waals surface area contributed by atoms with E-state index in [1.807, 2.05) is 41.9 Å². The van der Waals surface area contributed by atoms with Crippen molar-refractivity contribution >= 4 is 5.97 Å². The number of esters is 1. The van der Waals surface area contributed by atoms with Gasteiger partial charge in [0.05, 0.1) is 21.1 Å². The van der Waals surface area contributed by atoms with Gasteiger partial charge in [0.2, 0.25) is 0 Å². The number of nitrogens with zero attached hydrogens (tertiary/aromatic N) is 1. The quantitative estimate of drug-likeness (QED) is 0.462. The largest absolute Gasteiger partial charge is 0.456 e. The zero-order valence-corrected chi connectivity index (χ0v) is 8.97. The van der Waals surface area contributed by atoms with Crippen LogP contribution in [0.5, 0.6) is 0 Å². The molecule has 0 aromatic carbocycles. The maximum atomic E-state index is 11.2. The minimum Gasteiger partial charge on any atom is -0.456 e. The van der Waals surface area contributed by atoms with Gasteiger partial charge < -0.3 is 9.22 Å². The lowest BCUT2D eigenvalue weighted by Gasteiger charge is -2.25. The maximum Gasteiger partial charge on any atom is 0.362 e. The molecule has 0 saturated carbocycles. The number of hydrogen-bond donors (Lipinski definition) is 0. The third kappa shape index (κ3) is 7.54. The van der Waals surface area contributed by atoms with Gasteiger partial charge in [-0.1, -0.05) is 0 Å². The molecular formula is C9H20NO2+. The Balaban J connectivity index is 3.92. The smallest absolute Gasteiger partial charge is 0.362 e. The highest BCUT2D eigenvalue weighted by molar-refractivity contribution is 5.71. The summed E-state index contributed by atoms with van der Waals surface area (Å²) in [5, 5.41) is 0. The van der Waals surface area contributed by atoms with Crippen molar-refractivity contribution in [3.63, 3.8) is 0 Å². The van der Waals surface area contributed by atoms with Gasteiger partial charge in [-0.15, -0.1) is 0 Å². The van der Waals surface area contributed by atoms with Gasteiger partial charge in [0, 0.05) is 0 Å². The van der Waals surface area contributed by atoms with Crippen LogP contribution >= 0.6 is 0 Å². The van der Waals surface area contributed by atoms with E-state index in [0.717, 1.165) is 0 Å². The molecule has 0 N–H and O–H groups in total. The highest BCUT2D eigenvalue weighted by Gasteiger charge is 2.21. The van der Waals surface area contributed by atoms with Crippen LogP contribution in [0.4, 0.5) is 0 Å². The molecule has 0 aliphatic carbocycles. The van der Waals surface area contributed by atoms with E-state index in [1.165, 1.54) is 0 Å². The molecule has 0 aliphatic heterocycles. The zero-order chi connectivity index (χ0) is 9.99. The summed E-state index contributed by atoms with van der Waals surface area (Å²) in [7, 11) is 5.89. The van der Waals surface area contributed by atoms with Crippen LogP contribution in [0.1, 0.15) is 20.8 Å². The first-order chi connectivity index (χ1) is 5.10. The molecule has 0 atom stereocenters. The van der Waals surface area contributed by atoms with Gasteiger partial charge in [0.15, 0.2) is 6.54 Å². The summed E-state index contributed by atoms with van der Waals surface area (Å²) in [6, 6.07) is 0. The summed E-state index contributed by atoms with van der Waals surface area (Å²) >= 11 is 0. The summed E-state index contributed by atoms with van der Waals surface area (Å²) < 4.78 is 5.77. The standard InChI is InChI=1S/C9H20NO2/c1-9(2,3)12-8(11)7-10(4,5)6/h7H2,1-6H3/q+1. The summed E-state index contributed by atoms with van der Waals surface area (Å²) in [5.74, 6) is -0.144. The number of hydrogen-bond acceptors (Lipinski definition) is 2. The molecule has 0 bridgehead atoms. The van der Waals surface area contributed by atoms with Crippen molar-refractivity contribution in [1.82, 2.24) is 0 Å². The Bertz CT molecular complexity index is 144. The van der Waals surface area contributed by atoms with Crippen LogP contribution in [0, 0.1) is 0 Å². The normalized spacial score (nSPS) is 12.8.